The number of hydrogen-bond acceptors (Lipinski definition) is 3. The van der Waals surface area contributed by atoms with Crippen molar-refractivity contribution in [3.63, 3.8) is 0 Å². The highest BCUT2D eigenvalue weighted by Gasteiger charge is 2.26. The highest BCUT2D eigenvalue weighted by Crippen LogP contribution is 2.22. The van der Waals surface area contributed by atoms with Gasteiger partial charge in [-0.25, -0.2) is 4.39 Å². The minimum absolute atomic E-state index is 0.133. The predicted octanol–water partition coefficient (Wildman–Crippen LogP) is 6.22. The molecule has 1 aromatic carbocycles. The number of ether oxygens (including phenoxy) is 1. The maximum atomic E-state index is 12.8. The number of carbonyl (C=O) groups is 1. The monoisotopic (exact) mass is 457 g/mol. The molecule has 0 aliphatic heterocycles. The fourth-order valence-corrected chi connectivity index (χ4v) is 3.56. The first-order valence-corrected chi connectivity index (χ1v) is 11.8. The molecule has 4 nitrogen and oxygen atoms in total. The van der Waals surface area contributed by atoms with E-state index in [1.807, 2.05) is 52.0 Å². The molecule has 2 atom stereocenters. The van der Waals surface area contributed by atoms with Crippen molar-refractivity contribution in [3.05, 3.63) is 77.2 Å². The molecule has 5 heteroatoms. The van der Waals surface area contributed by atoms with Crippen molar-refractivity contribution in [3.8, 4) is 5.75 Å². The quantitative estimate of drug-likeness (QED) is 0.360. The van der Waals surface area contributed by atoms with Gasteiger partial charge >= 0.3 is 0 Å². The standard InChI is InChI=1S/C19H29NO2.C9H11FO/c1-5-7-11-14(3)15(4)16(10-6-2)19(22)20-17-12-8-9-13-18(17)21;1-3-7-4-5-8(10)9(6-7)11-2/h5,7,10-11,17-18,21H,4,6,8-9,12-13H2,1-3H3,(H,20,22);4-6H,3H2,1-2H3/b7-5-,14-11-,16-10+;/t17-,18?;/m0./s1. The van der Waals surface area contributed by atoms with Crippen LogP contribution in [0.3, 0.4) is 0 Å². The predicted molar refractivity (Wildman–Crippen MR) is 135 cm³/mol. The Kier molecular flexibility index (Phi) is 13.1. The summed E-state index contributed by atoms with van der Waals surface area (Å²) in [5.41, 5.74) is 3.40. The molecule has 1 aliphatic rings. The Bertz CT molecular complexity index is 870. The Morgan fingerprint density at radius 1 is 1.30 bits per heavy atom. The van der Waals surface area contributed by atoms with Gasteiger partial charge in [-0.2, -0.15) is 0 Å². The van der Waals surface area contributed by atoms with Crippen LogP contribution in [0.15, 0.2) is 65.8 Å². The highest BCUT2D eigenvalue weighted by molar-refractivity contribution is 5.99. The summed E-state index contributed by atoms with van der Waals surface area (Å²) in [5, 5.41) is 13.0. The van der Waals surface area contributed by atoms with Gasteiger partial charge in [0.15, 0.2) is 11.6 Å². The molecule has 0 radical (unpaired) electrons. The smallest absolute Gasteiger partial charge is 0.251 e. The summed E-state index contributed by atoms with van der Waals surface area (Å²) in [6.07, 6.45) is 12.7. The number of aliphatic hydroxyl groups is 1. The van der Waals surface area contributed by atoms with Crippen molar-refractivity contribution >= 4 is 5.91 Å². The van der Waals surface area contributed by atoms with E-state index in [9.17, 15) is 14.3 Å². The normalized spacial score (nSPS) is 19.0. The summed E-state index contributed by atoms with van der Waals surface area (Å²) in [6, 6.07) is 4.76. The lowest BCUT2D eigenvalue weighted by atomic mass is 9.91. The maximum Gasteiger partial charge on any atom is 0.251 e. The first-order valence-electron chi connectivity index (χ1n) is 11.8. The summed E-state index contributed by atoms with van der Waals surface area (Å²) < 4.78 is 17.6. The van der Waals surface area contributed by atoms with Gasteiger partial charge in [0.25, 0.3) is 5.91 Å². The van der Waals surface area contributed by atoms with Crippen LogP contribution < -0.4 is 10.1 Å². The van der Waals surface area contributed by atoms with Crippen LogP contribution in [0.2, 0.25) is 0 Å². The van der Waals surface area contributed by atoms with E-state index in [0.717, 1.165) is 55.2 Å². The number of aliphatic hydroxyl groups excluding tert-OH is 1. The van der Waals surface area contributed by atoms with Gasteiger partial charge in [-0.1, -0.05) is 63.6 Å². The van der Waals surface area contributed by atoms with E-state index in [1.54, 1.807) is 12.1 Å². The third-order valence-corrected chi connectivity index (χ3v) is 5.66. The van der Waals surface area contributed by atoms with Gasteiger partial charge in [0.1, 0.15) is 0 Å². The van der Waals surface area contributed by atoms with Gasteiger partial charge in [0, 0.05) is 5.57 Å². The number of nitrogens with one attached hydrogen (secondary N) is 1. The topological polar surface area (TPSA) is 58.6 Å². The second-order valence-electron chi connectivity index (χ2n) is 8.13. The third kappa shape index (κ3) is 9.39. The van der Waals surface area contributed by atoms with Gasteiger partial charge in [0.2, 0.25) is 0 Å². The number of allylic oxidation sites excluding steroid dienone is 5. The Hall–Kier alpha value is -2.66. The van der Waals surface area contributed by atoms with E-state index in [1.165, 1.54) is 13.2 Å². The van der Waals surface area contributed by atoms with Crippen molar-refractivity contribution < 1.29 is 19.0 Å². The SMILES string of the molecule is C=C(/C(C)=C\C=C/C)/C(=C\CC)C(=O)N[C@H]1CCCCC1O.CCc1ccc(F)c(OC)c1. The molecular weight excluding hydrogens is 417 g/mol. The summed E-state index contributed by atoms with van der Waals surface area (Å²) in [6.45, 7) is 12.0. The van der Waals surface area contributed by atoms with Crippen molar-refractivity contribution in [1.82, 2.24) is 5.32 Å². The zero-order valence-corrected chi connectivity index (χ0v) is 20.8. The van der Waals surface area contributed by atoms with Crippen LogP contribution in [0.5, 0.6) is 5.75 Å². The average Bonchev–Trinajstić information content (AvgIpc) is 2.82. The molecule has 1 saturated carbocycles. The Balaban J connectivity index is 0.000000412. The lowest BCUT2D eigenvalue weighted by molar-refractivity contribution is -0.119. The van der Waals surface area contributed by atoms with Crippen LogP contribution in [-0.2, 0) is 11.2 Å². The Morgan fingerprint density at radius 2 is 2.00 bits per heavy atom. The molecule has 1 fully saturated rings. The zero-order valence-electron chi connectivity index (χ0n) is 20.8. The van der Waals surface area contributed by atoms with Crippen molar-refractivity contribution in [2.75, 3.05) is 7.11 Å². The van der Waals surface area contributed by atoms with Gasteiger partial charge in [-0.15, -0.1) is 0 Å². The summed E-state index contributed by atoms with van der Waals surface area (Å²) in [7, 11) is 1.47. The van der Waals surface area contributed by atoms with E-state index in [2.05, 4.69) is 11.9 Å². The number of amides is 1. The number of hydrogen-bond donors (Lipinski definition) is 2. The molecule has 0 heterocycles. The fraction of sp³-hybridized carbons (Fsp3) is 0.464. The van der Waals surface area contributed by atoms with E-state index in [-0.39, 0.29) is 17.8 Å². The molecule has 1 unspecified atom stereocenters. The van der Waals surface area contributed by atoms with Gasteiger partial charge < -0.3 is 15.2 Å². The average molecular weight is 458 g/mol. The molecule has 0 aromatic heterocycles. The van der Waals surface area contributed by atoms with Gasteiger partial charge in [-0.3, -0.25) is 4.79 Å². The largest absolute Gasteiger partial charge is 0.494 e. The van der Waals surface area contributed by atoms with E-state index < -0.39 is 6.10 Å². The van der Waals surface area contributed by atoms with Crippen LogP contribution >= 0.6 is 0 Å². The first-order chi connectivity index (χ1) is 15.8. The number of carbonyl (C=O) groups excluding carboxylic acids is 1. The minimum Gasteiger partial charge on any atom is -0.494 e. The third-order valence-electron chi connectivity index (χ3n) is 5.66. The van der Waals surface area contributed by atoms with Gasteiger partial charge in [-0.05, 0) is 68.4 Å². The molecule has 2 rings (SSSR count). The van der Waals surface area contributed by atoms with Gasteiger partial charge in [0.05, 0.1) is 19.3 Å². The van der Waals surface area contributed by atoms with Crippen molar-refractivity contribution in [1.29, 1.82) is 0 Å². The molecule has 1 aromatic rings. The summed E-state index contributed by atoms with van der Waals surface area (Å²) in [5.74, 6) is -0.111. The second kappa shape index (κ2) is 15.2. The van der Waals surface area contributed by atoms with Crippen LogP contribution in [0, 0.1) is 5.82 Å². The molecule has 33 heavy (non-hydrogen) atoms. The molecule has 1 aliphatic carbocycles. The van der Waals surface area contributed by atoms with E-state index in [0.29, 0.717) is 11.3 Å². The van der Waals surface area contributed by atoms with Crippen molar-refractivity contribution in [2.45, 2.75) is 78.4 Å². The molecule has 182 valence electrons. The number of methoxy groups -OCH3 is 1. The second-order valence-corrected chi connectivity index (χ2v) is 8.13. The molecule has 0 saturated heterocycles. The van der Waals surface area contributed by atoms with Crippen molar-refractivity contribution in [2.24, 2.45) is 0 Å². The fourth-order valence-electron chi connectivity index (χ4n) is 3.56. The number of halogens is 1. The number of aryl methyl sites for hydroxylation is 1. The molecule has 1 amide bonds. The lowest BCUT2D eigenvalue weighted by Gasteiger charge is -2.29. The summed E-state index contributed by atoms with van der Waals surface area (Å²) in [4.78, 5) is 12.6. The minimum atomic E-state index is -0.437. The highest BCUT2D eigenvalue weighted by atomic mass is 19.1. The lowest BCUT2D eigenvalue weighted by Crippen LogP contribution is -2.45. The number of benzene rings is 1. The first kappa shape index (κ1) is 28.4. The maximum absolute atomic E-state index is 12.8. The number of rotatable bonds is 8. The molecule has 0 spiro atoms. The van der Waals surface area contributed by atoms with Crippen LogP contribution in [0.4, 0.5) is 4.39 Å². The van der Waals surface area contributed by atoms with Crippen LogP contribution in [-0.4, -0.2) is 30.3 Å². The van der Waals surface area contributed by atoms with Crippen LogP contribution in [0.25, 0.3) is 0 Å². The zero-order chi connectivity index (χ0) is 24.8. The van der Waals surface area contributed by atoms with E-state index in [4.69, 9.17) is 4.74 Å². The van der Waals surface area contributed by atoms with Crippen LogP contribution in [0.1, 0.15) is 65.4 Å². The molecular formula is C28H40FNO3. The Labute approximate surface area is 198 Å². The summed E-state index contributed by atoms with van der Waals surface area (Å²) >= 11 is 0. The molecule has 2 N–H and O–H groups in total. The Morgan fingerprint density at radius 3 is 2.58 bits per heavy atom. The van der Waals surface area contributed by atoms with E-state index >= 15 is 0 Å². The molecule has 0 bridgehead atoms.